The second kappa shape index (κ2) is 14.2. The summed E-state index contributed by atoms with van der Waals surface area (Å²) in [4.78, 5) is 27.2. The van der Waals surface area contributed by atoms with E-state index in [1.54, 1.807) is 21.1 Å². The van der Waals surface area contributed by atoms with Crippen LogP contribution in [0.15, 0.2) is 94.6 Å². The third-order valence-electron chi connectivity index (χ3n) is 7.97. The zero-order chi connectivity index (χ0) is 32.0. The molecule has 238 valence electrons. The Morgan fingerprint density at radius 2 is 1.42 bits per heavy atom. The molecule has 2 N–H and O–H groups in total. The van der Waals surface area contributed by atoms with Gasteiger partial charge >= 0.3 is 5.69 Å². The monoisotopic (exact) mass is 618 g/mol. The van der Waals surface area contributed by atoms with Gasteiger partial charge in [-0.05, 0) is 47.9 Å². The number of aryl methyl sites for hydroxylation is 1. The van der Waals surface area contributed by atoms with Crippen LogP contribution in [0, 0.1) is 6.92 Å². The van der Waals surface area contributed by atoms with Crippen molar-refractivity contribution in [2.75, 3.05) is 41.2 Å². The topological polar surface area (TPSA) is 130 Å². The maximum absolute atomic E-state index is 12.9. The van der Waals surface area contributed by atoms with E-state index in [1.807, 2.05) is 78.9 Å². The highest BCUT2D eigenvalue weighted by Gasteiger charge is 2.48. The zero-order valence-electron chi connectivity index (χ0n) is 25.7. The predicted octanol–water partition coefficient (Wildman–Crippen LogP) is 3.16. The molecule has 1 saturated heterocycles. The van der Waals surface area contributed by atoms with Gasteiger partial charge in [0.15, 0.2) is 6.23 Å². The minimum absolute atomic E-state index is 0.0914. The lowest BCUT2D eigenvalue weighted by molar-refractivity contribution is -0.0994. The number of hydrogen-bond donors (Lipinski definition) is 2. The van der Waals surface area contributed by atoms with Crippen molar-refractivity contribution in [2.24, 2.45) is 0 Å². The van der Waals surface area contributed by atoms with Gasteiger partial charge in [-0.2, -0.15) is 0 Å². The summed E-state index contributed by atoms with van der Waals surface area (Å²) in [5.41, 5.74) is 0.430. The average Bonchev–Trinajstić information content (AvgIpc) is 3.38. The summed E-state index contributed by atoms with van der Waals surface area (Å²) in [5, 5.41) is 11.5. The Morgan fingerprint density at radius 3 is 1.98 bits per heavy atom. The maximum atomic E-state index is 12.9. The SMILES string of the molecule is COCCO[C@@H]1[C@H](O)[C@@H](COC(c2ccccc2)(c2ccc(OC)cc2)c2ccc(OC)cc2)O[C@@H]1n1cc(C)c(=O)[nH]c1=O. The lowest BCUT2D eigenvalue weighted by atomic mass is 9.80. The molecule has 0 bridgehead atoms. The zero-order valence-corrected chi connectivity index (χ0v) is 25.7. The van der Waals surface area contributed by atoms with Gasteiger partial charge in [0.1, 0.15) is 35.4 Å². The normalized spacial score (nSPS) is 19.8. The number of nitrogens with one attached hydrogen (secondary N) is 1. The van der Waals surface area contributed by atoms with Crippen LogP contribution in [0.2, 0.25) is 0 Å². The number of aromatic nitrogens is 2. The first kappa shape index (κ1) is 32.1. The number of H-pyrrole nitrogens is 1. The summed E-state index contributed by atoms with van der Waals surface area (Å²) >= 11 is 0. The summed E-state index contributed by atoms with van der Waals surface area (Å²) in [6.07, 6.45) is -2.70. The number of aliphatic hydroxyl groups is 1. The number of nitrogens with zero attached hydrogens (tertiary/aromatic N) is 1. The van der Waals surface area contributed by atoms with Gasteiger partial charge in [0.05, 0.1) is 34.0 Å². The summed E-state index contributed by atoms with van der Waals surface area (Å²) in [6, 6.07) is 24.9. The van der Waals surface area contributed by atoms with E-state index in [2.05, 4.69) is 4.98 Å². The van der Waals surface area contributed by atoms with Crippen molar-refractivity contribution in [2.45, 2.75) is 37.1 Å². The number of hydrogen-bond acceptors (Lipinski definition) is 9. The van der Waals surface area contributed by atoms with Crippen LogP contribution in [0.5, 0.6) is 11.5 Å². The fourth-order valence-corrected chi connectivity index (χ4v) is 5.58. The van der Waals surface area contributed by atoms with Crippen LogP contribution in [0.3, 0.4) is 0 Å². The molecule has 0 radical (unpaired) electrons. The van der Waals surface area contributed by atoms with E-state index in [-0.39, 0.29) is 19.8 Å². The fraction of sp³-hybridized carbons (Fsp3) is 0.353. The Morgan fingerprint density at radius 1 is 0.844 bits per heavy atom. The first-order valence-electron chi connectivity index (χ1n) is 14.6. The van der Waals surface area contributed by atoms with Crippen molar-refractivity contribution < 1.29 is 33.5 Å². The molecule has 1 aliphatic rings. The lowest BCUT2D eigenvalue weighted by Crippen LogP contribution is -2.41. The highest BCUT2D eigenvalue weighted by molar-refractivity contribution is 5.49. The van der Waals surface area contributed by atoms with Gasteiger partial charge in [0, 0.05) is 18.9 Å². The van der Waals surface area contributed by atoms with E-state index in [9.17, 15) is 14.7 Å². The smallest absolute Gasteiger partial charge is 0.330 e. The van der Waals surface area contributed by atoms with Crippen LogP contribution >= 0.6 is 0 Å². The van der Waals surface area contributed by atoms with E-state index < -0.39 is 41.4 Å². The quantitative estimate of drug-likeness (QED) is 0.171. The van der Waals surface area contributed by atoms with Crippen LogP contribution in [0.4, 0.5) is 0 Å². The molecule has 1 aliphatic heterocycles. The highest BCUT2D eigenvalue weighted by atomic mass is 16.6. The van der Waals surface area contributed by atoms with Gasteiger partial charge in [-0.1, -0.05) is 54.6 Å². The predicted molar refractivity (Wildman–Crippen MR) is 166 cm³/mol. The van der Waals surface area contributed by atoms with E-state index in [1.165, 1.54) is 17.9 Å². The van der Waals surface area contributed by atoms with Gasteiger partial charge < -0.3 is 33.5 Å². The minimum atomic E-state index is -1.19. The molecule has 1 aromatic heterocycles. The van der Waals surface area contributed by atoms with Crippen LogP contribution in [-0.2, 0) is 24.5 Å². The molecule has 0 amide bonds. The first-order chi connectivity index (χ1) is 21.8. The van der Waals surface area contributed by atoms with Crippen LogP contribution in [0.1, 0.15) is 28.5 Å². The number of methoxy groups -OCH3 is 3. The fourth-order valence-electron chi connectivity index (χ4n) is 5.58. The second-order valence-electron chi connectivity index (χ2n) is 10.7. The summed E-state index contributed by atoms with van der Waals surface area (Å²) in [7, 11) is 4.75. The first-order valence-corrected chi connectivity index (χ1v) is 14.6. The molecule has 2 heterocycles. The second-order valence-corrected chi connectivity index (χ2v) is 10.7. The molecule has 0 aliphatic carbocycles. The van der Waals surface area contributed by atoms with E-state index >= 15 is 0 Å². The number of aliphatic hydroxyl groups excluding tert-OH is 1. The number of rotatable bonds is 13. The summed E-state index contributed by atoms with van der Waals surface area (Å²) in [5.74, 6) is 1.37. The molecule has 11 nitrogen and oxygen atoms in total. The van der Waals surface area contributed by atoms with Gasteiger partial charge in [-0.3, -0.25) is 14.3 Å². The van der Waals surface area contributed by atoms with Gasteiger partial charge in [-0.15, -0.1) is 0 Å². The molecule has 0 spiro atoms. The maximum Gasteiger partial charge on any atom is 0.330 e. The molecule has 11 heteroatoms. The van der Waals surface area contributed by atoms with Gasteiger partial charge in [0.25, 0.3) is 5.56 Å². The molecular weight excluding hydrogens is 580 g/mol. The molecule has 0 unspecified atom stereocenters. The Hall–Kier alpha value is -4.26. The number of benzene rings is 3. The third kappa shape index (κ3) is 6.58. The molecule has 4 aromatic rings. The van der Waals surface area contributed by atoms with E-state index in [0.717, 1.165) is 16.7 Å². The highest BCUT2D eigenvalue weighted by Crippen LogP contribution is 2.43. The number of ether oxygens (including phenoxy) is 6. The largest absolute Gasteiger partial charge is 0.497 e. The Kier molecular flexibility index (Phi) is 10.2. The van der Waals surface area contributed by atoms with Crippen LogP contribution in [0.25, 0.3) is 0 Å². The Labute approximate surface area is 260 Å². The average molecular weight is 619 g/mol. The van der Waals surface area contributed by atoms with Crippen LogP contribution in [-0.4, -0.2) is 74.1 Å². The van der Waals surface area contributed by atoms with Crippen molar-refractivity contribution in [3.05, 3.63) is 128 Å². The summed E-state index contributed by atoms with van der Waals surface area (Å²) < 4.78 is 36.4. The van der Waals surface area contributed by atoms with Crippen molar-refractivity contribution in [3.8, 4) is 11.5 Å². The van der Waals surface area contributed by atoms with Crippen LogP contribution < -0.4 is 20.7 Å². The Balaban J connectivity index is 1.56. The van der Waals surface area contributed by atoms with E-state index in [0.29, 0.717) is 17.1 Å². The van der Waals surface area contributed by atoms with E-state index in [4.69, 9.17) is 28.4 Å². The van der Waals surface area contributed by atoms with Crippen molar-refractivity contribution >= 4 is 0 Å². The van der Waals surface area contributed by atoms with Crippen molar-refractivity contribution in [1.82, 2.24) is 9.55 Å². The van der Waals surface area contributed by atoms with Gasteiger partial charge in [0.2, 0.25) is 0 Å². The van der Waals surface area contributed by atoms with Gasteiger partial charge in [-0.25, -0.2) is 4.79 Å². The molecule has 0 saturated carbocycles. The molecule has 3 aromatic carbocycles. The van der Waals surface area contributed by atoms with Crippen molar-refractivity contribution in [1.29, 1.82) is 0 Å². The molecule has 4 atom stereocenters. The lowest BCUT2D eigenvalue weighted by Gasteiger charge is -2.37. The minimum Gasteiger partial charge on any atom is -0.497 e. The molecule has 1 fully saturated rings. The number of aromatic amines is 1. The van der Waals surface area contributed by atoms with Crippen molar-refractivity contribution in [3.63, 3.8) is 0 Å². The summed E-state index contributed by atoms with van der Waals surface area (Å²) in [6.45, 7) is 1.91. The standard InChI is InChI=1S/C34H38N2O9/c1-22-20-36(33(39)35-31(22)38)32-30(43-19-18-40-2)29(37)28(45-32)21-44-34(23-8-6-5-7-9-23,24-10-14-26(41-3)15-11-24)25-12-16-27(42-4)17-13-25/h5-17,20,28-30,32,37H,18-19,21H2,1-4H3,(H,35,38,39)/t28-,29-,30-,32+/m1/s1. The molecule has 5 rings (SSSR count). The Bertz CT molecular complexity index is 1610. The third-order valence-corrected chi connectivity index (χ3v) is 7.97. The molecular formula is C34H38N2O9. The molecule has 45 heavy (non-hydrogen) atoms.